The van der Waals surface area contributed by atoms with E-state index in [1.165, 1.54) is 6.07 Å². The van der Waals surface area contributed by atoms with Gasteiger partial charge in [0.2, 0.25) is 0 Å². The van der Waals surface area contributed by atoms with Gasteiger partial charge >= 0.3 is 10.3 Å². The predicted molar refractivity (Wildman–Crippen MR) is 50.8 cm³/mol. The average Bonchev–Trinajstić information content (AvgIpc) is 1.94. The largest absolute Gasteiger partial charge is 0.399 e. The molecule has 0 aliphatic carbocycles. The summed E-state index contributed by atoms with van der Waals surface area (Å²) in [5, 5.41) is 0. The maximum absolute atomic E-state index is 10.5. The van der Waals surface area contributed by atoms with E-state index in [2.05, 4.69) is 0 Å². The summed E-state index contributed by atoms with van der Waals surface area (Å²) < 4.78 is 31.4. The smallest absolute Gasteiger partial charge is 0.357 e. The van der Waals surface area contributed by atoms with Gasteiger partial charge in [-0.15, -0.1) is 0 Å². The lowest BCUT2D eigenvalue weighted by Gasteiger charge is -2.06. The first-order valence-electron chi connectivity index (χ1n) is 3.50. The number of anilines is 2. The number of hydrogen-bond donors (Lipinski definition) is 3. The Hall–Kier alpha value is -1.27. The predicted octanol–water partition coefficient (Wildman–Crippen LogP) is 0.792. The minimum absolute atomic E-state index is 0.280. The minimum atomic E-state index is -4.22. The molecule has 0 aliphatic heterocycles. The van der Waals surface area contributed by atoms with Gasteiger partial charge < -0.3 is 5.73 Å². The summed E-state index contributed by atoms with van der Waals surface area (Å²) in [5.41, 5.74) is 6.82. The summed E-state index contributed by atoms with van der Waals surface area (Å²) in [6, 6.07) is 4.73. The van der Waals surface area contributed by atoms with Gasteiger partial charge in [0, 0.05) is 5.69 Å². The lowest BCUT2D eigenvalue weighted by molar-refractivity contribution is 0.489. The molecule has 5 nitrogen and oxygen atoms in total. The zero-order chi connectivity index (χ0) is 10.1. The van der Waals surface area contributed by atoms with E-state index in [1.54, 1.807) is 19.1 Å². The van der Waals surface area contributed by atoms with Crippen LogP contribution in [0.4, 0.5) is 11.4 Å². The van der Waals surface area contributed by atoms with E-state index in [4.69, 9.17) is 10.3 Å². The van der Waals surface area contributed by atoms with E-state index in [-0.39, 0.29) is 5.69 Å². The van der Waals surface area contributed by atoms with Crippen LogP contribution in [0.3, 0.4) is 0 Å². The fraction of sp³-hybridized carbons (Fsp3) is 0.143. The lowest BCUT2D eigenvalue weighted by Crippen LogP contribution is -2.11. The van der Waals surface area contributed by atoms with Crippen molar-refractivity contribution in [2.75, 3.05) is 10.5 Å². The van der Waals surface area contributed by atoms with E-state index in [0.29, 0.717) is 11.3 Å². The van der Waals surface area contributed by atoms with Crippen molar-refractivity contribution < 1.29 is 13.0 Å². The first-order valence-corrected chi connectivity index (χ1v) is 4.94. The van der Waals surface area contributed by atoms with E-state index in [9.17, 15) is 8.42 Å². The molecule has 0 fully saturated rings. The van der Waals surface area contributed by atoms with Crippen molar-refractivity contribution in [3.63, 3.8) is 0 Å². The molecule has 0 atom stereocenters. The molecule has 4 N–H and O–H groups in total. The first-order chi connectivity index (χ1) is 5.88. The topological polar surface area (TPSA) is 92.4 Å². The number of nitrogens with one attached hydrogen (secondary N) is 1. The van der Waals surface area contributed by atoms with Crippen LogP contribution in [0.1, 0.15) is 5.56 Å². The molecular weight excluding hydrogens is 192 g/mol. The summed E-state index contributed by atoms with van der Waals surface area (Å²) in [6.45, 7) is 1.70. The second kappa shape index (κ2) is 3.23. The highest BCUT2D eigenvalue weighted by molar-refractivity contribution is 7.87. The molecule has 0 spiro atoms. The van der Waals surface area contributed by atoms with E-state index in [0.717, 1.165) is 0 Å². The zero-order valence-corrected chi connectivity index (χ0v) is 7.80. The summed E-state index contributed by atoms with van der Waals surface area (Å²) in [7, 11) is -4.22. The van der Waals surface area contributed by atoms with Crippen LogP contribution in [0.15, 0.2) is 18.2 Å². The Morgan fingerprint density at radius 2 is 2.08 bits per heavy atom. The molecular formula is C7H10N2O3S. The van der Waals surface area contributed by atoms with Gasteiger partial charge in [-0.25, -0.2) is 0 Å². The molecule has 0 aromatic heterocycles. The van der Waals surface area contributed by atoms with Crippen molar-refractivity contribution >= 4 is 21.7 Å². The molecule has 13 heavy (non-hydrogen) atoms. The Bertz CT molecular complexity index is 414. The average molecular weight is 202 g/mol. The van der Waals surface area contributed by atoms with Crippen molar-refractivity contribution in [2.45, 2.75) is 6.92 Å². The van der Waals surface area contributed by atoms with Crippen LogP contribution in [0.2, 0.25) is 0 Å². The number of hydrogen-bond acceptors (Lipinski definition) is 3. The molecule has 0 heterocycles. The molecule has 0 amide bonds. The molecule has 6 heteroatoms. The molecule has 0 saturated carbocycles. The quantitative estimate of drug-likeness (QED) is 0.488. The molecule has 0 saturated heterocycles. The Kier molecular flexibility index (Phi) is 2.44. The van der Waals surface area contributed by atoms with E-state index >= 15 is 0 Å². The highest BCUT2D eigenvalue weighted by Crippen LogP contribution is 2.18. The number of aryl methyl sites for hydroxylation is 1. The third kappa shape index (κ3) is 2.92. The molecule has 1 rings (SSSR count). The van der Waals surface area contributed by atoms with Crippen LogP contribution >= 0.6 is 0 Å². The maximum atomic E-state index is 10.5. The number of rotatable bonds is 2. The molecule has 0 radical (unpaired) electrons. The van der Waals surface area contributed by atoms with Gasteiger partial charge in [-0.3, -0.25) is 9.27 Å². The van der Waals surface area contributed by atoms with Gasteiger partial charge in [0.05, 0.1) is 5.69 Å². The number of benzene rings is 1. The Morgan fingerprint density at radius 1 is 1.46 bits per heavy atom. The molecule has 0 aliphatic rings. The molecule has 0 unspecified atom stereocenters. The minimum Gasteiger partial charge on any atom is -0.399 e. The van der Waals surface area contributed by atoms with Crippen molar-refractivity contribution in [2.24, 2.45) is 0 Å². The van der Waals surface area contributed by atoms with Gasteiger partial charge in [-0.05, 0) is 24.6 Å². The first kappa shape index (κ1) is 9.82. The van der Waals surface area contributed by atoms with Crippen molar-refractivity contribution in [1.82, 2.24) is 0 Å². The van der Waals surface area contributed by atoms with Crippen LogP contribution in [0, 0.1) is 6.92 Å². The zero-order valence-electron chi connectivity index (χ0n) is 6.98. The second-order valence-corrected chi connectivity index (χ2v) is 3.81. The Morgan fingerprint density at radius 3 is 2.62 bits per heavy atom. The fourth-order valence-electron chi connectivity index (χ4n) is 0.889. The monoisotopic (exact) mass is 202 g/mol. The van der Waals surface area contributed by atoms with Crippen molar-refractivity contribution in [3.05, 3.63) is 23.8 Å². The van der Waals surface area contributed by atoms with Gasteiger partial charge in [0.15, 0.2) is 0 Å². The summed E-state index contributed by atoms with van der Waals surface area (Å²) in [4.78, 5) is 0. The SMILES string of the molecule is Cc1ccc(N)cc1NS(=O)(=O)O. The highest BCUT2D eigenvalue weighted by atomic mass is 32.2. The fourth-order valence-corrected chi connectivity index (χ4v) is 1.39. The molecule has 72 valence electrons. The number of nitrogens with two attached hydrogens (primary N) is 1. The van der Waals surface area contributed by atoms with Crippen LogP contribution in [0.25, 0.3) is 0 Å². The maximum Gasteiger partial charge on any atom is 0.357 e. The van der Waals surface area contributed by atoms with Crippen LogP contribution < -0.4 is 10.5 Å². The standard InChI is InChI=1S/C7H10N2O3S/c1-5-2-3-6(8)4-7(5)9-13(10,11)12/h2-4,9H,8H2,1H3,(H,10,11,12). The third-order valence-electron chi connectivity index (χ3n) is 1.50. The highest BCUT2D eigenvalue weighted by Gasteiger charge is 2.06. The van der Waals surface area contributed by atoms with E-state index < -0.39 is 10.3 Å². The van der Waals surface area contributed by atoms with Gasteiger partial charge in [-0.1, -0.05) is 6.07 Å². The third-order valence-corrected chi connectivity index (χ3v) is 1.98. The van der Waals surface area contributed by atoms with E-state index in [1.807, 2.05) is 4.72 Å². The van der Waals surface area contributed by atoms with Crippen LogP contribution in [-0.4, -0.2) is 13.0 Å². The normalized spacial score (nSPS) is 11.2. The second-order valence-electron chi connectivity index (χ2n) is 2.65. The molecule has 1 aromatic rings. The van der Waals surface area contributed by atoms with Crippen LogP contribution in [0.5, 0.6) is 0 Å². The number of nitrogen functional groups attached to an aromatic ring is 1. The van der Waals surface area contributed by atoms with Crippen molar-refractivity contribution in [3.8, 4) is 0 Å². The van der Waals surface area contributed by atoms with Gasteiger partial charge in [0.1, 0.15) is 0 Å². The van der Waals surface area contributed by atoms with Crippen LogP contribution in [-0.2, 0) is 10.3 Å². The molecule has 1 aromatic carbocycles. The summed E-state index contributed by atoms with van der Waals surface area (Å²) >= 11 is 0. The Balaban J connectivity index is 3.08. The summed E-state index contributed by atoms with van der Waals surface area (Å²) in [5.74, 6) is 0. The van der Waals surface area contributed by atoms with Gasteiger partial charge in [0.25, 0.3) is 0 Å². The lowest BCUT2D eigenvalue weighted by atomic mass is 10.2. The van der Waals surface area contributed by atoms with Crippen molar-refractivity contribution in [1.29, 1.82) is 0 Å². The van der Waals surface area contributed by atoms with Gasteiger partial charge in [-0.2, -0.15) is 8.42 Å². The summed E-state index contributed by atoms with van der Waals surface area (Å²) in [6.07, 6.45) is 0. The molecule has 0 bridgehead atoms. The Labute approximate surface area is 76.5 Å².